The maximum Gasteiger partial charge on any atom is 0.419 e. The number of hydrogen-bond donors (Lipinski definition) is 1. The molecule has 2 N–H and O–H groups in total. The van der Waals surface area contributed by atoms with Crippen molar-refractivity contribution in [3.05, 3.63) is 47.8 Å². The van der Waals surface area contributed by atoms with Gasteiger partial charge >= 0.3 is 6.18 Å². The zero-order valence-corrected chi connectivity index (χ0v) is 10.3. The fraction of sp³-hybridized carbons (Fsp3) is 0.333. The molecule has 0 amide bonds. The van der Waals surface area contributed by atoms with Crippen LogP contribution in [0.4, 0.5) is 17.6 Å². The average Bonchev–Trinajstić information content (AvgIpc) is 2.23. The fourth-order valence-corrected chi connectivity index (χ4v) is 1.46. The normalized spacial score (nSPS) is 12.7. The highest BCUT2D eigenvalue weighted by Gasteiger charge is 2.34. The molecule has 1 aromatic carbocycles. The summed E-state index contributed by atoms with van der Waals surface area (Å²) in [6, 6.07) is 2.29. The molecule has 0 fully saturated rings. The molecule has 18 heavy (non-hydrogen) atoms. The second-order valence-electron chi connectivity index (χ2n) is 3.71. The first-order valence-corrected chi connectivity index (χ1v) is 5.09. The molecule has 0 saturated heterocycles. The van der Waals surface area contributed by atoms with Gasteiger partial charge in [0, 0.05) is 6.04 Å². The monoisotopic (exact) mass is 283 g/mol. The lowest BCUT2D eigenvalue weighted by Crippen LogP contribution is -2.13. The molecule has 0 saturated carbocycles. The minimum absolute atomic E-state index is 0. The summed E-state index contributed by atoms with van der Waals surface area (Å²) >= 11 is 0. The summed E-state index contributed by atoms with van der Waals surface area (Å²) in [6.45, 7) is 3.51. The molecule has 0 heterocycles. The number of halogens is 5. The Labute approximate surface area is 109 Å². The Balaban J connectivity index is 0.00000289. The molecule has 0 radical (unpaired) electrons. The van der Waals surface area contributed by atoms with Crippen LogP contribution < -0.4 is 5.73 Å². The number of allylic oxidation sites excluding steroid dienone is 1. The first kappa shape index (κ1) is 16.9. The third kappa shape index (κ3) is 4.31. The molecule has 1 nitrogen and oxygen atoms in total. The number of rotatable bonds is 4. The van der Waals surface area contributed by atoms with E-state index in [9.17, 15) is 17.6 Å². The van der Waals surface area contributed by atoms with Gasteiger partial charge in [-0.15, -0.1) is 19.0 Å². The minimum Gasteiger partial charge on any atom is -0.324 e. The van der Waals surface area contributed by atoms with Crippen LogP contribution in [0, 0.1) is 5.82 Å². The molecule has 102 valence electrons. The van der Waals surface area contributed by atoms with E-state index in [1.807, 2.05) is 0 Å². The van der Waals surface area contributed by atoms with Gasteiger partial charge in [-0.3, -0.25) is 0 Å². The molecule has 1 aromatic rings. The predicted molar refractivity (Wildman–Crippen MR) is 65.0 cm³/mol. The van der Waals surface area contributed by atoms with Crippen molar-refractivity contribution in [3.8, 4) is 0 Å². The fourth-order valence-electron chi connectivity index (χ4n) is 1.46. The van der Waals surface area contributed by atoms with Crippen molar-refractivity contribution in [3.63, 3.8) is 0 Å². The molecule has 0 bridgehead atoms. The van der Waals surface area contributed by atoms with Gasteiger partial charge in [0.25, 0.3) is 0 Å². The van der Waals surface area contributed by atoms with Gasteiger partial charge in [0.05, 0.1) is 5.56 Å². The quantitative estimate of drug-likeness (QED) is 0.649. The van der Waals surface area contributed by atoms with Crippen LogP contribution in [0.25, 0.3) is 0 Å². The summed E-state index contributed by atoms with van der Waals surface area (Å²) in [6.07, 6.45) is -1.87. The second-order valence-corrected chi connectivity index (χ2v) is 3.71. The number of nitrogens with two attached hydrogens (primary N) is 1. The van der Waals surface area contributed by atoms with Gasteiger partial charge in [-0.05, 0) is 30.5 Å². The second kappa shape index (κ2) is 6.75. The molecular weight excluding hydrogens is 270 g/mol. The van der Waals surface area contributed by atoms with Gasteiger partial charge in [0.15, 0.2) is 0 Å². The van der Waals surface area contributed by atoms with Gasteiger partial charge < -0.3 is 5.73 Å². The minimum atomic E-state index is -4.67. The SMILES string of the molecule is C=CCC[C@@H](N)c1ccc(C(F)(F)F)c(F)c1.Cl. The van der Waals surface area contributed by atoms with Crippen LogP contribution in [0.15, 0.2) is 30.9 Å². The highest BCUT2D eigenvalue weighted by molar-refractivity contribution is 5.85. The number of hydrogen-bond acceptors (Lipinski definition) is 1. The summed E-state index contributed by atoms with van der Waals surface area (Å²) in [5, 5.41) is 0. The zero-order chi connectivity index (χ0) is 13.1. The van der Waals surface area contributed by atoms with Gasteiger partial charge in [0.2, 0.25) is 0 Å². The third-order valence-electron chi connectivity index (χ3n) is 2.41. The predicted octanol–water partition coefficient (Wildman–Crippen LogP) is 4.23. The highest BCUT2D eigenvalue weighted by atomic mass is 35.5. The third-order valence-corrected chi connectivity index (χ3v) is 2.41. The maximum atomic E-state index is 13.2. The molecule has 6 heteroatoms. The summed E-state index contributed by atoms with van der Waals surface area (Å²) in [7, 11) is 0. The van der Waals surface area contributed by atoms with Crippen LogP contribution in [-0.2, 0) is 6.18 Å². The van der Waals surface area contributed by atoms with Crippen LogP contribution in [0.5, 0.6) is 0 Å². The van der Waals surface area contributed by atoms with E-state index < -0.39 is 23.6 Å². The summed E-state index contributed by atoms with van der Waals surface area (Å²) in [4.78, 5) is 0. The Bertz CT molecular complexity index is 404. The van der Waals surface area contributed by atoms with E-state index in [1.54, 1.807) is 6.08 Å². The van der Waals surface area contributed by atoms with Crippen LogP contribution in [0.2, 0.25) is 0 Å². The van der Waals surface area contributed by atoms with Crippen molar-refractivity contribution in [2.75, 3.05) is 0 Å². The van der Waals surface area contributed by atoms with E-state index in [2.05, 4.69) is 6.58 Å². The molecule has 1 rings (SSSR count). The molecule has 0 spiro atoms. The van der Waals surface area contributed by atoms with Crippen LogP contribution in [-0.4, -0.2) is 0 Å². The van der Waals surface area contributed by atoms with Crippen molar-refractivity contribution in [1.82, 2.24) is 0 Å². The molecule has 1 atom stereocenters. The summed E-state index contributed by atoms with van der Waals surface area (Å²) in [5.74, 6) is -1.29. The smallest absolute Gasteiger partial charge is 0.324 e. The Kier molecular flexibility index (Phi) is 6.35. The van der Waals surface area contributed by atoms with E-state index in [4.69, 9.17) is 5.73 Å². The van der Waals surface area contributed by atoms with Gasteiger partial charge in [-0.2, -0.15) is 13.2 Å². The standard InChI is InChI=1S/C12H13F4N.ClH/c1-2-3-4-11(17)8-5-6-9(10(13)7-8)12(14,15)16;/h2,5-7,11H,1,3-4,17H2;1H/t11-;/m1./s1. The van der Waals surface area contributed by atoms with Crippen LogP contribution in [0.3, 0.4) is 0 Å². The van der Waals surface area contributed by atoms with Crippen molar-refractivity contribution in [2.24, 2.45) is 5.73 Å². The molecule has 0 aliphatic carbocycles. The van der Waals surface area contributed by atoms with Crippen molar-refractivity contribution >= 4 is 12.4 Å². The maximum absolute atomic E-state index is 13.2. The lowest BCUT2D eigenvalue weighted by molar-refractivity contribution is -0.140. The number of alkyl halides is 3. The van der Waals surface area contributed by atoms with Crippen LogP contribution in [0.1, 0.15) is 30.0 Å². The molecule has 0 aliphatic heterocycles. The van der Waals surface area contributed by atoms with Crippen LogP contribution >= 0.6 is 12.4 Å². The van der Waals surface area contributed by atoms with Gasteiger partial charge in [0.1, 0.15) is 5.82 Å². The molecule has 0 aromatic heterocycles. The van der Waals surface area contributed by atoms with Gasteiger partial charge in [-0.1, -0.05) is 12.1 Å². The first-order valence-electron chi connectivity index (χ1n) is 5.09. The van der Waals surface area contributed by atoms with E-state index in [-0.39, 0.29) is 12.4 Å². The first-order chi connectivity index (χ1) is 7.86. The zero-order valence-electron chi connectivity index (χ0n) is 9.51. The van der Waals surface area contributed by atoms with E-state index in [0.29, 0.717) is 18.4 Å². The van der Waals surface area contributed by atoms with E-state index >= 15 is 0 Å². The lowest BCUT2D eigenvalue weighted by atomic mass is 10.0. The Hall–Kier alpha value is -1.07. The summed E-state index contributed by atoms with van der Waals surface area (Å²) < 4.78 is 50.1. The van der Waals surface area contributed by atoms with Crippen molar-refractivity contribution in [2.45, 2.75) is 25.1 Å². The topological polar surface area (TPSA) is 26.0 Å². The molecule has 0 unspecified atom stereocenters. The Morgan fingerprint density at radius 3 is 2.39 bits per heavy atom. The number of benzene rings is 1. The highest BCUT2D eigenvalue weighted by Crippen LogP contribution is 2.32. The van der Waals surface area contributed by atoms with Crippen molar-refractivity contribution < 1.29 is 17.6 Å². The van der Waals surface area contributed by atoms with E-state index in [0.717, 1.165) is 12.1 Å². The van der Waals surface area contributed by atoms with E-state index in [1.165, 1.54) is 6.07 Å². The van der Waals surface area contributed by atoms with Gasteiger partial charge in [-0.25, -0.2) is 4.39 Å². The lowest BCUT2D eigenvalue weighted by Gasteiger charge is -2.13. The summed E-state index contributed by atoms with van der Waals surface area (Å²) in [5.41, 5.74) is 4.81. The largest absolute Gasteiger partial charge is 0.419 e. The Morgan fingerprint density at radius 2 is 1.94 bits per heavy atom. The molecular formula is C12H14ClF4N. The average molecular weight is 284 g/mol. The molecule has 0 aliphatic rings. The van der Waals surface area contributed by atoms with Crippen molar-refractivity contribution in [1.29, 1.82) is 0 Å². The Morgan fingerprint density at radius 1 is 1.33 bits per heavy atom.